The first kappa shape index (κ1) is 16.4. The molecule has 1 atom stereocenters. The van der Waals surface area contributed by atoms with Gasteiger partial charge >= 0.3 is 6.09 Å². The molecule has 1 aliphatic heterocycles. The first-order chi connectivity index (χ1) is 9.11. The van der Waals surface area contributed by atoms with Gasteiger partial charge in [0.15, 0.2) is 0 Å². The molecule has 0 aliphatic carbocycles. The van der Waals surface area contributed by atoms with Gasteiger partial charge in [0.25, 0.3) is 0 Å². The van der Waals surface area contributed by atoms with Crippen molar-refractivity contribution in [1.82, 2.24) is 10.3 Å². The average Bonchev–Trinajstić information content (AvgIpc) is 2.52. The largest absolute Gasteiger partial charge is 0.444 e. The second-order valence-corrected chi connectivity index (χ2v) is 6.06. The molecule has 0 aromatic heterocycles. The molecule has 1 unspecified atom stereocenters. The molecule has 7 heteroatoms. The van der Waals surface area contributed by atoms with Gasteiger partial charge in [-0.05, 0) is 33.6 Å². The van der Waals surface area contributed by atoms with E-state index in [4.69, 9.17) is 10.6 Å². The highest BCUT2D eigenvalue weighted by molar-refractivity contribution is 6.05. The third-order valence-electron chi connectivity index (χ3n) is 3.38. The molecule has 7 nitrogen and oxygen atoms in total. The zero-order valence-corrected chi connectivity index (χ0v) is 12.5. The molecule has 1 rings (SSSR count). The number of alkyl carbamates (subject to hydrolysis) is 1. The number of hydrogen-bond acceptors (Lipinski definition) is 5. The topological polar surface area (TPSA) is 102 Å². The molecule has 1 saturated heterocycles. The lowest BCUT2D eigenvalue weighted by Gasteiger charge is -2.25. The molecule has 0 aromatic rings. The molecule has 1 heterocycles. The van der Waals surface area contributed by atoms with Gasteiger partial charge in [0.2, 0.25) is 11.8 Å². The van der Waals surface area contributed by atoms with Gasteiger partial charge in [0.1, 0.15) is 5.60 Å². The summed E-state index contributed by atoms with van der Waals surface area (Å²) in [6, 6.07) is 0. The zero-order valence-electron chi connectivity index (χ0n) is 12.5. The second kappa shape index (κ2) is 5.78. The number of carbonyl (C=O) groups is 3. The van der Waals surface area contributed by atoms with E-state index in [1.54, 1.807) is 20.8 Å². The Kier molecular flexibility index (Phi) is 4.75. The highest BCUT2D eigenvalue weighted by atomic mass is 16.6. The number of carbonyl (C=O) groups excluding carboxylic acids is 3. The maximum absolute atomic E-state index is 12.0. The van der Waals surface area contributed by atoms with Gasteiger partial charge in [0, 0.05) is 13.0 Å². The van der Waals surface area contributed by atoms with Crippen molar-refractivity contribution in [3.8, 4) is 0 Å². The van der Waals surface area contributed by atoms with Gasteiger partial charge in [0.05, 0.1) is 5.41 Å². The summed E-state index contributed by atoms with van der Waals surface area (Å²) in [5.41, 5.74) is -1.37. The van der Waals surface area contributed by atoms with Crippen LogP contribution in [0.1, 0.15) is 47.0 Å². The van der Waals surface area contributed by atoms with Crippen molar-refractivity contribution in [1.29, 1.82) is 0 Å². The summed E-state index contributed by atoms with van der Waals surface area (Å²) < 4.78 is 5.10. The maximum atomic E-state index is 12.0. The van der Waals surface area contributed by atoms with E-state index in [-0.39, 0.29) is 24.8 Å². The van der Waals surface area contributed by atoms with E-state index >= 15 is 0 Å². The third-order valence-corrected chi connectivity index (χ3v) is 3.38. The van der Waals surface area contributed by atoms with Gasteiger partial charge in [-0.3, -0.25) is 9.59 Å². The van der Waals surface area contributed by atoms with Crippen LogP contribution >= 0.6 is 0 Å². The molecule has 3 N–H and O–H groups in total. The van der Waals surface area contributed by atoms with Crippen LogP contribution in [0.3, 0.4) is 0 Å². The Morgan fingerprint density at radius 2 is 2.05 bits per heavy atom. The van der Waals surface area contributed by atoms with Crippen molar-refractivity contribution >= 4 is 17.9 Å². The standard InChI is InChI=1S/C13H23N3O4/c1-5-13(8-9(17)16(14)10(13)18)6-7-15-11(19)20-12(2,3)4/h5-8,14H2,1-4H3,(H,15,19). The monoisotopic (exact) mass is 285 g/mol. The molecule has 20 heavy (non-hydrogen) atoms. The smallest absolute Gasteiger partial charge is 0.407 e. The molecule has 114 valence electrons. The molecular formula is C13H23N3O4. The fourth-order valence-corrected chi connectivity index (χ4v) is 2.19. The molecule has 0 radical (unpaired) electrons. The fourth-order valence-electron chi connectivity index (χ4n) is 2.19. The van der Waals surface area contributed by atoms with E-state index in [1.165, 1.54) is 0 Å². The number of rotatable bonds is 4. The minimum Gasteiger partial charge on any atom is -0.444 e. The number of imide groups is 1. The van der Waals surface area contributed by atoms with Crippen LogP contribution in [0.2, 0.25) is 0 Å². The van der Waals surface area contributed by atoms with E-state index in [0.717, 1.165) is 0 Å². The number of nitrogens with two attached hydrogens (primary N) is 1. The predicted octanol–water partition coefficient (Wildman–Crippen LogP) is 0.930. The number of hydrazine groups is 1. The molecule has 1 aliphatic rings. The Labute approximate surface area is 118 Å². The van der Waals surface area contributed by atoms with Gasteiger partial charge in [-0.15, -0.1) is 0 Å². The number of nitrogens with zero attached hydrogens (tertiary/aromatic N) is 1. The van der Waals surface area contributed by atoms with Crippen LogP contribution < -0.4 is 11.2 Å². The Balaban J connectivity index is 2.53. The predicted molar refractivity (Wildman–Crippen MR) is 72.2 cm³/mol. The van der Waals surface area contributed by atoms with E-state index in [1.807, 2.05) is 6.92 Å². The van der Waals surface area contributed by atoms with Crippen LogP contribution in [-0.2, 0) is 14.3 Å². The van der Waals surface area contributed by atoms with Gasteiger partial charge < -0.3 is 10.1 Å². The number of hydrogen-bond donors (Lipinski definition) is 2. The van der Waals surface area contributed by atoms with E-state index in [9.17, 15) is 14.4 Å². The minimum absolute atomic E-state index is 0.0921. The zero-order chi connectivity index (χ0) is 15.6. The average molecular weight is 285 g/mol. The third kappa shape index (κ3) is 3.69. The molecule has 3 amide bonds. The minimum atomic E-state index is -0.805. The maximum Gasteiger partial charge on any atom is 0.407 e. The van der Waals surface area contributed by atoms with Crippen LogP contribution in [-0.4, -0.2) is 35.1 Å². The first-order valence-corrected chi connectivity index (χ1v) is 6.70. The first-order valence-electron chi connectivity index (χ1n) is 6.70. The highest BCUT2D eigenvalue weighted by Gasteiger charge is 2.49. The Morgan fingerprint density at radius 3 is 2.45 bits per heavy atom. The summed E-state index contributed by atoms with van der Waals surface area (Å²) in [6.45, 7) is 7.40. The summed E-state index contributed by atoms with van der Waals surface area (Å²) >= 11 is 0. The molecular weight excluding hydrogens is 262 g/mol. The molecule has 0 aromatic carbocycles. The van der Waals surface area contributed by atoms with Crippen molar-refractivity contribution in [2.75, 3.05) is 6.54 Å². The number of nitrogens with one attached hydrogen (secondary N) is 1. The van der Waals surface area contributed by atoms with Crippen LogP contribution in [0.4, 0.5) is 4.79 Å². The van der Waals surface area contributed by atoms with Crippen molar-refractivity contribution in [3.05, 3.63) is 0 Å². The lowest BCUT2D eigenvalue weighted by Crippen LogP contribution is -2.42. The lowest BCUT2D eigenvalue weighted by atomic mass is 9.80. The van der Waals surface area contributed by atoms with Crippen molar-refractivity contribution in [2.45, 2.75) is 52.6 Å². The van der Waals surface area contributed by atoms with E-state index in [2.05, 4.69) is 5.32 Å². The van der Waals surface area contributed by atoms with Crippen LogP contribution in [0.5, 0.6) is 0 Å². The molecule has 1 fully saturated rings. The van der Waals surface area contributed by atoms with Crippen molar-refractivity contribution < 1.29 is 19.1 Å². The quantitative estimate of drug-likeness (QED) is 0.454. The van der Waals surface area contributed by atoms with Crippen LogP contribution in [0, 0.1) is 5.41 Å². The Bertz CT molecular complexity index is 416. The van der Waals surface area contributed by atoms with Crippen molar-refractivity contribution in [3.63, 3.8) is 0 Å². The summed E-state index contributed by atoms with van der Waals surface area (Å²) in [5, 5.41) is 3.27. The van der Waals surface area contributed by atoms with Crippen LogP contribution in [0.25, 0.3) is 0 Å². The lowest BCUT2D eigenvalue weighted by molar-refractivity contribution is -0.142. The number of amides is 3. The van der Waals surface area contributed by atoms with E-state index < -0.39 is 17.1 Å². The van der Waals surface area contributed by atoms with Gasteiger partial charge in [-0.25, -0.2) is 15.6 Å². The van der Waals surface area contributed by atoms with Gasteiger partial charge in [-0.2, -0.15) is 0 Å². The summed E-state index contributed by atoms with van der Waals surface area (Å²) in [5.74, 6) is 4.65. The second-order valence-electron chi connectivity index (χ2n) is 6.06. The summed E-state index contributed by atoms with van der Waals surface area (Å²) in [6.07, 6.45) is 0.419. The van der Waals surface area contributed by atoms with Crippen LogP contribution in [0.15, 0.2) is 0 Å². The SMILES string of the molecule is CCC1(CCNC(=O)OC(C)(C)C)CC(=O)N(N)C1=O. The molecule has 0 bridgehead atoms. The van der Waals surface area contributed by atoms with E-state index in [0.29, 0.717) is 17.9 Å². The highest BCUT2D eigenvalue weighted by Crippen LogP contribution is 2.37. The molecule has 0 spiro atoms. The van der Waals surface area contributed by atoms with Crippen molar-refractivity contribution in [2.24, 2.45) is 11.3 Å². The molecule has 0 saturated carbocycles. The van der Waals surface area contributed by atoms with Gasteiger partial charge in [-0.1, -0.05) is 6.92 Å². The number of ether oxygens (including phenoxy) is 1. The Morgan fingerprint density at radius 1 is 1.45 bits per heavy atom. The summed E-state index contributed by atoms with van der Waals surface area (Å²) in [7, 11) is 0. The Hall–Kier alpha value is -1.63. The summed E-state index contributed by atoms with van der Waals surface area (Å²) in [4.78, 5) is 35.0. The fraction of sp³-hybridized carbons (Fsp3) is 0.769. The normalized spacial score (nSPS) is 23.1.